The van der Waals surface area contributed by atoms with E-state index in [9.17, 15) is 22.8 Å². The van der Waals surface area contributed by atoms with Crippen molar-refractivity contribution in [3.63, 3.8) is 0 Å². The molecule has 0 saturated carbocycles. The molecular weight excluding hydrogens is 302 g/mol. The molecule has 3 rings (SSSR count). The van der Waals surface area contributed by atoms with Gasteiger partial charge in [0.2, 0.25) is 0 Å². The highest BCUT2D eigenvalue weighted by Gasteiger charge is 2.58. The monoisotopic (exact) mass is 311 g/mol. The summed E-state index contributed by atoms with van der Waals surface area (Å²) in [5.74, 6) is -2.62. The van der Waals surface area contributed by atoms with Crippen LogP contribution in [-0.2, 0) is 15.1 Å². The number of nitrogens with two attached hydrogens (primary N) is 1. The van der Waals surface area contributed by atoms with Crippen molar-refractivity contribution >= 4 is 28.0 Å². The van der Waals surface area contributed by atoms with Crippen molar-refractivity contribution in [2.24, 2.45) is 5.73 Å². The van der Waals surface area contributed by atoms with Gasteiger partial charge in [-0.05, 0) is 12.1 Å². The molecule has 0 unspecified atom stereocenters. The fraction of sp³-hybridized carbons (Fsp3) is 0.182. The van der Waals surface area contributed by atoms with Gasteiger partial charge in [0.05, 0.1) is 11.1 Å². The maximum absolute atomic E-state index is 12.2. The second kappa shape index (κ2) is 4.10. The van der Waals surface area contributed by atoms with E-state index in [-0.39, 0.29) is 15.4 Å². The molecule has 1 saturated heterocycles. The van der Waals surface area contributed by atoms with Crippen molar-refractivity contribution in [3.8, 4) is 0 Å². The Balaban J connectivity index is 2.05. The van der Waals surface area contributed by atoms with Crippen LogP contribution in [0.3, 0.4) is 0 Å². The van der Waals surface area contributed by atoms with Gasteiger partial charge in [0, 0.05) is 0 Å². The minimum absolute atomic E-state index is 0.0271. The van der Waals surface area contributed by atoms with Crippen LogP contribution >= 0.6 is 0 Å². The average Bonchev–Trinajstić information content (AvgIpc) is 2.67. The first kappa shape index (κ1) is 13.7. The summed E-state index contributed by atoms with van der Waals surface area (Å²) in [6, 6.07) is 4.49. The molecule has 2 aliphatic heterocycles. The Hall–Kier alpha value is -2.30. The molecule has 1 aromatic rings. The standard InChI is InChI=1S/C11H9N3O6S/c12-7-8(14(11(7)17)21(18,19)20)13-9(15)5-3-1-2-4-6(5)10(13)16/h1-4,7-8H,12H2,(H,18,19,20)/t7-,8+/m0/s1. The van der Waals surface area contributed by atoms with Crippen molar-refractivity contribution in [2.75, 3.05) is 0 Å². The summed E-state index contributed by atoms with van der Waals surface area (Å²) in [5.41, 5.74) is 5.65. The van der Waals surface area contributed by atoms with E-state index in [0.29, 0.717) is 4.90 Å². The first-order valence-electron chi connectivity index (χ1n) is 5.78. The van der Waals surface area contributed by atoms with Crippen LogP contribution in [0.2, 0.25) is 0 Å². The summed E-state index contributed by atoms with van der Waals surface area (Å²) >= 11 is 0. The number of nitrogens with zero attached hydrogens (tertiary/aromatic N) is 2. The molecule has 1 fully saturated rings. The molecule has 2 aliphatic rings. The van der Waals surface area contributed by atoms with Gasteiger partial charge in [-0.25, -0.2) is 4.90 Å². The first-order valence-corrected chi connectivity index (χ1v) is 7.18. The summed E-state index contributed by atoms with van der Waals surface area (Å²) in [4.78, 5) is 36.5. The molecule has 0 radical (unpaired) electrons. The fourth-order valence-corrected chi connectivity index (χ4v) is 3.28. The number of hydrogen-bond acceptors (Lipinski definition) is 6. The van der Waals surface area contributed by atoms with Crippen LogP contribution in [0.25, 0.3) is 0 Å². The van der Waals surface area contributed by atoms with Crippen molar-refractivity contribution in [1.82, 2.24) is 9.21 Å². The minimum atomic E-state index is -4.91. The molecule has 10 heteroatoms. The van der Waals surface area contributed by atoms with Crippen molar-refractivity contribution in [1.29, 1.82) is 0 Å². The van der Waals surface area contributed by atoms with Gasteiger partial charge in [-0.3, -0.25) is 18.9 Å². The van der Waals surface area contributed by atoms with Crippen LogP contribution in [0.5, 0.6) is 0 Å². The zero-order valence-electron chi connectivity index (χ0n) is 10.3. The van der Waals surface area contributed by atoms with E-state index in [1.54, 1.807) is 12.1 Å². The van der Waals surface area contributed by atoms with Crippen LogP contribution in [-0.4, -0.2) is 52.1 Å². The Morgan fingerprint density at radius 1 is 1.05 bits per heavy atom. The number of carbonyl (C=O) groups is 3. The lowest BCUT2D eigenvalue weighted by Crippen LogP contribution is -2.76. The highest BCUT2D eigenvalue weighted by atomic mass is 32.2. The molecule has 2 heterocycles. The fourth-order valence-electron chi connectivity index (χ4n) is 2.43. The van der Waals surface area contributed by atoms with Crippen molar-refractivity contribution in [3.05, 3.63) is 35.4 Å². The van der Waals surface area contributed by atoms with Gasteiger partial charge in [-0.1, -0.05) is 12.1 Å². The Bertz CT molecular complexity index is 754. The van der Waals surface area contributed by atoms with E-state index in [1.807, 2.05) is 0 Å². The molecule has 2 atom stereocenters. The predicted octanol–water partition coefficient (Wildman–Crippen LogP) is -1.42. The van der Waals surface area contributed by atoms with Crippen molar-refractivity contribution in [2.45, 2.75) is 12.2 Å². The van der Waals surface area contributed by atoms with Crippen LogP contribution in [0, 0.1) is 0 Å². The van der Waals surface area contributed by atoms with Gasteiger partial charge in [-0.2, -0.15) is 12.7 Å². The van der Waals surface area contributed by atoms with Gasteiger partial charge in [0.15, 0.2) is 6.17 Å². The molecule has 0 bridgehead atoms. The second-order valence-electron chi connectivity index (χ2n) is 4.58. The summed E-state index contributed by atoms with van der Waals surface area (Å²) in [5, 5.41) is 0. The lowest BCUT2D eigenvalue weighted by molar-refractivity contribution is -0.145. The maximum Gasteiger partial charge on any atom is 0.364 e. The number of imide groups is 1. The highest BCUT2D eigenvalue weighted by molar-refractivity contribution is 7.84. The third kappa shape index (κ3) is 1.70. The molecular formula is C11H9N3O6S. The largest absolute Gasteiger partial charge is 0.364 e. The van der Waals surface area contributed by atoms with Crippen LogP contribution < -0.4 is 5.73 Å². The van der Waals surface area contributed by atoms with Gasteiger partial charge in [0.1, 0.15) is 6.04 Å². The number of rotatable bonds is 2. The molecule has 3 amide bonds. The van der Waals surface area contributed by atoms with Gasteiger partial charge in [-0.15, -0.1) is 0 Å². The smallest absolute Gasteiger partial charge is 0.317 e. The van der Waals surface area contributed by atoms with Gasteiger partial charge in [0.25, 0.3) is 17.7 Å². The maximum atomic E-state index is 12.2. The summed E-state index contributed by atoms with van der Waals surface area (Å²) in [7, 11) is -4.91. The molecule has 110 valence electrons. The number of benzene rings is 1. The van der Waals surface area contributed by atoms with E-state index in [4.69, 9.17) is 10.3 Å². The summed E-state index contributed by atoms with van der Waals surface area (Å²) in [6.45, 7) is 0. The molecule has 21 heavy (non-hydrogen) atoms. The van der Waals surface area contributed by atoms with Gasteiger partial charge < -0.3 is 5.73 Å². The third-order valence-electron chi connectivity index (χ3n) is 3.40. The molecule has 0 aliphatic carbocycles. The highest BCUT2D eigenvalue weighted by Crippen LogP contribution is 2.32. The van der Waals surface area contributed by atoms with Crippen molar-refractivity contribution < 1.29 is 27.4 Å². The number of β-lactam (4-membered cyclic amide) rings is 1. The Kier molecular flexibility index (Phi) is 2.67. The Morgan fingerprint density at radius 3 is 1.95 bits per heavy atom. The first-order chi connectivity index (χ1) is 9.75. The summed E-state index contributed by atoms with van der Waals surface area (Å²) in [6.07, 6.45) is -1.56. The normalized spacial score (nSPS) is 25.1. The van der Waals surface area contributed by atoms with Crippen LogP contribution in [0.1, 0.15) is 20.7 Å². The van der Waals surface area contributed by atoms with Gasteiger partial charge >= 0.3 is 10.3 Å². The average molecular weight is 311 g/mol. The van der Waals surface area contributed by atoms with Crippen LogP contribution in [0.15, 0.2) is 24.3 Å². The van der Waals surface area contributed by atoms with Crippen LogP contribution in [0.4, 0.5) is 0 Å². The Labute approximate surface area is 118 Å². The van der Waals surface area contributed by atoms with E-state index in [1.165, 1.54) is 12.1 Å². The predicted molar refractivity (Wildman–Crippen MR) is 67.1 cm³/mol. The lowest BCUT2D eigenvalue weighted by atomic mass is 10.1. The number of carbonyl (C=O) groups excluding carboxylic acids is 3. The third-order valence-corrected chi connectivity index (χ3v) is 4.30. The molecule has 0 spiro atoms. The van der Waals surface area contributed by atoms with E-state index < -0.39 is 40.2 Å². The van der Waals surface area contributed by atoms with E-state index >= 15 is 0 Å². The number of hydrogen-bond donors (Lipinski definition) is 2. The van der Waals surface area contributed by atoms with E-state index in [2.05, 4.69) is 0 Å². The number of fused-ring (bicyclic) bond motifs is 1. The molecule has 9 nitrogen and oxygen atoms in total. The Morgan fingerprint density at radius 2 is 1.52 bits per heavy atom. The van der Waals surface area contributed by atoms with E-state index in [0.717, 1.165) is 0 Å². The zero-order valence-corrected chi connectivity index (χ0v) is 11.1. The molecule has 3 N–H and O–H groups in total. The zero-order chi connectivity index (χ0) is 15.5. The lowest BCUT2D eigenvalue weighted by Gasteiger charge is -2.45. The molecule has 1 aromatic carbocycles. The summed E-state index contributed by atoms with van der Waals surface area (Å²) < 4.78 is 31.4. The number of amides is 3. The second-order valence-corrected chi connectivity index (χ2v) is 5.87. The topological polar surface area (TPSA) is 138 Å². The minimum Gasteiger partial charge on any atom is -0.317 e. The molecule has 0 aromatic heterocycles. The quantitative estimate of drug-likeness (QED) is 0.388. The SMILES string of the molecule is N[C@@H]1C(=O)N(S(=O)(=O)O)[C@H]1N1C(=O)c2ccccc2C1=O.